The van der Waals surface area contributed by atoms with Gasteiger partial charge < -0.3 is 5.32 Å². The first-order chi connectivity index (χ1) is 13.5. The van der Waals surface area contributed by atoms with E-state index in [1.807, 2.05) is 44.2 Å². The molecule has 0 spiro atoms. The van der Waals surface area contributed by atoms with Crippen LogP contribution in [0.15, 0.2) is 59.7 Å². The zero-order chi connectivity index (χ0) is 19.7. The van der Waals surface area contributed by atoms with E-state index in [2.05, 4.69) is 15.3 Å². The van der Waals surface area contributed by atoms with Crippen molar-refractivity contribution in [2.75, 3.05) is 5.32 Å². The third kappa shape index (κ3) is 3.57. The average molecular weight is 390 g/mol. The SMILES string of the molecule is Cc1ccc(-c2nc(NC(=O)Cn3cnc4ccccc4c3=O)sc2C)cc1. The van der Waals surface area contributed by atoms with Crippen LogP contribution in [0.2, 0.25) is 0 Å². The van der Waals surface area contributed by atoms with Crippen LogP contribution in [-0.4, -0.2) is 20.4 Å². The number of thiazole rings is 1. The highest BCUT2D eigenvalue weighted by Gasteiger charge is 2.13. The van der Waals surface area contributed by atoms with Crippen LogP contribution in [0.3, 0.4) is 0 Å². The van der Waals surface area contributed by atoms with Crippen molar-refractivity contribution in [1.82, 2.24) is 14.5 Å². The maximum atomic E-state index is 12.5. The highest BCUT2D eigenvalue weighted by molar-refractivity contribution is 7.16. The normalized spacial score (nSPS) is 10.9. The van der Waals surface area contributed by atoms with Gasteiger partial charge in [0.1, 0.15) is 6.54 Å². The lowest BCUT2D eigenvalue weighted by Crippen LogP contribution is -2.27. The van der Waals surface area contributed by atoms with Gasteiger partial charge >= 0.3 is 0 Å². The third-order valence-corrected chi connectivity index (χ3v) is 5.30. The van der Waals surface area contributed by atoms with Crippen LogP contribution in [0, 0.1) is 13.8 Å². The quantitative estimate of drug-likeness (QED) is 0.575. The third-order valence-electron chi connectivity index (χ3n) is 4.41. The Morgan fingerprint density at radius 1 is 1.11 bits per heavy atom. The molecule has 0 saturated heterocycles. The fraction of sp³-hybridized carbons (Fsp3) is 0.143. The second-order valence-corrected chi connectivity index (χ2v) is 7.74. The number of carbonyl (C=O) groups excluding carboxylic acids is 1. The zero-order valence-electron chi connectivity index (χ0n) is 15.5. The Kier molecular flexibility index (Phi) is 4.75. The van der Waals surface area contributed by atoms with E-state index in [4.69, 9.17) is 0 Å². The Bertz CT molecular complexity index is 1230. The topological polar surface area (TPSA) is 76.9 Å². The summed E-state index contributed by atoms with van der Waals surface area (Å²) in [7, 11) is 0. The largest absolute Gasteiger partial charge is 0.300 e. The van der Waals surface area contributed by atoms with Crippen molar-refractivity contribution in [3.63, 3.8) is 0 Å². The first-order valence-electron chi connectivity index (χ1n) is 8.80. The van der Waals surface area contributed by atoms with Crippen LogP contribution in [-0.2, 0) is 11.3 Å². The molecule has 0 aliphatic carbocycles. The van der Waals surface area contributed by atoms with E-state index in [9.17, 15) is 9.59 Å². The maximum Gasteiger partial charge on any atom is 0.261 e. The molecule has 2 heterocycles. The molecule has 0 aliphatic heterocycles. The Morgan fingerprint density at radius 3 is 2.64 bits per heavy atom. The smallest absolute Gasteiger partial charge is 0.261 e. The van der Waals surface area contributed by atoms with Crippen molar-refractivity contribution in [2.24, 2.45) is 0 Å². The second-order valence-electron chi connectivity index (χ2n) is 6.53. The van der Waals surface area contributed by atoms with E-state index in [-0.39, 0.29) is 18.0 Å². The summed E-state index contributed by atoms with van der Waals surface area (Å²) < 4.78 is 1.30. The number of para-hydroxylation sites is 1. The Balaban J connectivity index is 1.53. The number of aromatic nitrogens is 3. The average Bonchev–Trinajstić information content (AvgIpc) is 3.05. The number of rotatable bonds is 4. The molecule has 2 aromatic heterocycles. The minimum Gasteiger partial charge on any atom is -0.300 e. The van der Waals surface area contributed by atoms with Crippen molar-refractivity contribution < 1.29 is 4.79 Å². The predicted octanol–water partition coefficient (Wildman–Crippen LogP) is 3.78. The molecule has 0 bridgehead atoms. The van der Waals surface area contributed by atoms with Crippen molar-refractivity contribution >= 4 is 33.3 Å². The van der Waals surface area contributed by atoms with E-state index in [1.165, 1.54) is 27.8 Å². The molecule has 4 aromatic rings. The number of benzene rings is 2. The summed E-state index contributed by atoms with van der Waals surface area (Å²) in [6, 6.07) is 15.2. The van der Waals surface area contributed by atoms with Crippen molar-refractivity contribution in [3.8, 4) is 11.3 Å². The number of nitrogens with one attached hydrogen (secondary N) is 1. The minimum absolute atomic E-state index is 0.116. The lowest BCUT2D eigenvalue weighted by Gasteiger charge is -2.06. The fourth-order valence-electron chi connectivity index (χ4n) is 2.96. The van der Waals surface area contributed by atoms with Crippen LogP contribution < -0.4 is 10.9 Å². The lowest BCUT2D eigenvalue weighted by molar-refractivity contribution is -0.116. The van der Waals surface area contributed by atoms with E-state index in [0.29, 0.717) is 16.0 Å². The highest BCUT2D eigenvalue weighted by atomic mass is 32.1. The summed E-state index contributed by atoms with van der Waals surface area (Å²) in [5.41, 5.74) is 3.41. The van der Waals surface area contributed by atoms with Crippen LogP contribution in [0.1, 0.15) is 10.4 Å². The van der Waals surface area contributed by atoms with E-state index in [0.717, 1.165) is 16.1 Å². The van der Waals surface area contributed by atoms with Gasteiger partial charge in [-0.2, -0.15) is 0 Å². The number of carbonyl (C=O) groups is 1. The summed E-state index contributed by atoms with van der Waals surface area (Å²) in [4.78, 5) is 34.8. The molecule has 0 radical (unpaired) electrons. The lowest BCUT2D eigenvalue weighted by atomic mass is 10.1. The van der Waals surface area contributed by atoms with Gasteiger partial charge in [0.25, 0.3) is 5.56 Å². The monoisotopic (exact) mass is 390 g/mol. The standard InChI is InChI=1S/C21H18N4O2S/c1-13-7-9-15(10-8-13)19-14(2)28-21(24-19)23-18(26)11-25-12-22-17-6-4-3-5-16(17)20(25)27/h3-10,12H,11H2,1-2H3,(H,23,24,26). The molecule has 0 unspecified atom stereocenters. The van der Waals surface area contributed by atoms with Crippen LogP contribution >= 0.6 is 11.3 Å². The van der Waals surface area contributed by atoms with E-state index in [1.54, 1.807) is 18.2 Å². The van der Waals surface area contributed by atoms with E-state index < -0.39 is 0 Å². The number of hydrogen-bond donors (Lipinski definition) is 1. The molecule has 140 valence electrons. The molecule has 0 saturated carbocycles. The van der Waals surface area contributed by atoms with Gasteiger partial charge in [-0.1, -0.05) is 42.0 Å². The molecule has 1 N–H and O–H groups in total. The first-order valence-corrected chi connectivity index (χ1v) is 9.61. The number of fused-ring (bicyclic) bond motifs is 1. The Hall–Kier alpha value is -3.32. The van der Waals surface area contributed by atoms with Crippen molar-refractivity contribution in [2.45, 2.75) is 20.4 Å². The van der Waals surface area contributed by atoms with Gasteiger partial charge in [0.15, 0.2) is 5.13 Å². The van der Waals surface area contributed by atoms with Crippen molar-refractivity contribution in [1.29, 1.82) is 0 Å². The fourth-order valence-corrected chi connectivity index (χ4v) is 3.81. The Labute approximate surface area is 165 Å². The molecule has 7 heteroatoms. The van der Waals surface area contributed by atoms with Gasteiger partial charge in [0.05, 0.1) is 22.9 Å². The predicted molar refractivity (Wildman–Crippen MR) is 112 cm³/mol. The van der Waals surface area contributed by atoms with Gasteiger partial charge in [-0.25, -0.2) is 9.97 Å². The molecular formula is C21H18N4O2S. The Morgan fingerprint density at radius 2 is 1.86 bits per heavy atom. The number of amides is 1. The molecule has 28 heavy (non-hydrogen) atoms. The number of nitrogens with zero attached hydrogens (tertiary/aromatic N) is 3. The number of anilines is 1. The number of hydrogen-bond acceptors (Lipinski definition) is 5. The first kappa shape index (κ1) is 18.1. The van der Waals surface area contributed by atoms with Crippen LogP contribution in [0.4, 0.5) is 5.13 Å². The summed E-state index contributed by atoms with van der Waals surface area (Å²) in [6.45, 7) is 3.89. The molecule has 1 amide bonds. The van der Waals surface area contributed by atoms with E-state index >= 15 is 0 Å². The van der Waals surface area contributed by atoms with Gasteiger partial charge in [-0.05, 0) is 26.0 Å². The molecular weight excluding hydrogens is 372 g/mol. The van der Waals surface area contributed by atoms with Gasteiger partial charge in [-0.3, -0.25) is 14.2 Å². The molecule has 0 atom stereocenters. The minimum atomic E-state index is -0.316. The maximum absolute atomic E-state index is 12.5. The zero-order valence-corrected chi connectivity index (χ0v) is 16.3. The molecule has 6 nitrogen and oxygen atoms in total. The van der Waals surface area contributed by atoms with Gasteiger partial charge in [0.2, 0.25) is 5.91 Å². The van der Waals surface area contributed by atoms with Crippen molar-refractivity contribution in [3.05, 3.63) is 75.7 Å². The molecule has 0 aliphatic rings. The highest BCUT2D eigenvalue weighted by Crippen LogP contribution is 2.30. The summed E-state index contributed by atoms with van der Waals surface area (Å²) in [6.07, 6.45) is 1.40. The summed E-state index contributed by atoms with van der Waals surface area (Å²) in [5, 5.41) is 3.79. The van der Waals surface area contributed by atoms with Crippen LogP contribution in [0.5, 0.6) is 0 Å². The number of aryl methyl sites for hydroxylation is 2. The van der Waals surface area contributed by atoms with Gasteiger partial charge in [-0.15, -0.1) is 11.3 Å². The summed E-state index contributed by atoms with van der Waals surface area (Å²) in [5.74, 6) is -0.316. The summed E-state index contributed by atoms with van der Waals surface area (Å²) >= 11 is 1.41. The molecule has 4 rings (SSSR count). The van der Waals surface area contributed by atoms with Crippen LogP contribution in [0.25, 0.3) is 22.2 Å². The van der Waals surface area contributed by atoms with Gasteiger partial charge in [0, 0.05) is 10.4 Å². The second kappa shape index (κ2) is 7.36. The molecule has 2 aromatic carbocycles. The molecule has 0 fully saturated rings.